The lowest BCUT2D eigenvalue weighted by Gasteiger charge is -2.09. The maximum absolute atomic E-state index is 11.8. The van der Waals surface area contributed by atoms with Crippen molar-refractivity contribution in [1.29, 1.82) is 0 Å². The Kier molecular flexibility index (Phi) is 6.21. The van der Waals surface area contributed by atoms with E-state index in [1.807, 2.05) is 6.07 Å². The van der Waals surface area contributed by atoms with E-state index in [1.54, 1.807) is 30.3 Å². The average molecular weight is 378 g/mol. The summed E-state index contributed by atoms with van der Waals surface area (Å²) in [6.45, 7) is 0.453. The molecule has 2 aromatic carbocycles. The van der Waals surface area contributed by atoms with E-state index in [-0.39, 0.29) is 6.03 Å². The maximum atomic E-state index is 11.8. The fourth-order valence-electron chi connectivity index (χ4n) is 1.77. The Morgan fingerprint density at radius 3 is 2.36 bits per heavy atom. The van der Waals surface area contributed by atoms with Crippen molar-refractivity contribution in [2.45, 2.75) is 6.42 Å². The van der Waals surface area contributed by atoms with Crippen LogP contribution >= 0.6 is 46.4 Å². The minimum Gasteiger partial charge on any atom is -0.338 e. The highest BCUT2D eigenvalue weighted by Gasteiger charge is 2.06. The highest BCUT2D eigenvalue weighted by Crippen LogP contribution is 2.25. The number of rotatable bonds is 4. The van der Waals surface area contributed by atoms with Crippen molar-refractivity contribution in [1.82, 2.24) is 5.32 Å². The first kappa shape index (κ1) is 17.2. The third kappa shape index (κ3) is 4.96. The quantitative estimate of drug-likeness (QED) is 0.708. The predicted molar refractivity (Wildman–Crippen MR) is 93.6 cm³/mol. The number of hydrogen-bond acceptors (Lipinski definition) is 1. The Bertz CT molecular complexity index is 691. The molecule has 0 bridgehead atoms. The van der Waals surface area contributed by atoms with Crippen molar-refractivity contribution in [3.63, 3.8) is 0 Å². The SMILES string of the molecule is O=C(NCCc1ccc(Cl)c(Cl)c1)Nc1ccc(Cl)cc1Cl. The molecule has 0 saturated carbocycles. The number of anilines is 1. The van der Waals surface area contributed by atoms with Crippen molar-refractivity contribution in [2.24, 2.45) is 0 Å². The Labute approximate surface area is 148 Å². The molecule has 0 aliphatic rings. The van der Waals surface area contributed by atoms with Crippen LogP contribution in [0, 0.1) is 0 Å². The Morgan fingerprint density at radius 2 is 1.68 bits per heavy atom. The third-order valence-electron chi connectivity index (χ3n) is 2.86. The molecule has 0 aliphatic carbocycles. The first-order valence-electron chi connectivity index (χ1n) is 6.39. The van der Waals surface area contributed by atoms with Gasteiger partial charge in [-0.15, -0.1) is 0 Å². The largest absolute Gasteiger partial charge is 0.338 e. The van der Waals surface area contributed by atoms with Gasteiger partial charge in [0, 0.05) is 11.6 Å². The zero-order chi connectivity index (χ0) is 16.1. The molecule has 2 aromatic rings. The molecule has 2 N–H and O–H groups in total. The molecule has 0 spiro atoms. The third-order valence-corrected chi connectivity index (χ3v) is 4.15. The normalized spacial score (nSPS) is 10.4. The minimum absolute atomic E-state index is 0.343. The lowest BCUT2D eigenvalue weighted by molar-refractivity contribution is 0.252. The number of nitrogens with one attached hydrogen (secondary N) is 2. The Morgan fingerprint density at radius 1 is 0.909 bits per heavy atom. The number of amides is 2. The van der Waals surface area contributed by atoms with Crippen LogP contribution in [0.1, 0.15) is 5.56 Å². The topological polar surface area (TPSA) is 41.1 Å². The minimum atomic E-state index is -0.343. The van der Waals surface area contributed by atoms with Gasteiger partial charge >= 0.3 is 6.03 Å². The highest BCUT2D eigenvalue weighted by atomic mass is 35.5. The molecule has 3 nitrogen and oxygen atoms in total. The maximum Gasteiger partial charge on any atom is 0.319 e. The van der Waals surface area contributed by atoms with E-state index < -0.39 is 0 Å². The summed E-state index contributed by atoms with van der Waals surface area (Å²) in [4.78, 5) is 11.8. The van der Waals surface area contributed by atoms with E-state index in [1.165, 1.54) is 0 Å². The van der Waals surface area contributed by atoms with E-state index in [2.05, 4.69) is 10.6 Å². The second-order valence-corrected chi connectivity index (χ2v) is 6.16. The predicted octanol–water partition coefficient (Wildman–Crippen LogP) is 5.66. The number of benzene rings is 2. The molecule has 0 aromatic heterocycles. The first-order chi connectivity index (χ1) is 10.5. The van der Waals surface area contributed by atoms with Crippen LogP contribution < -0.4 is 10.6 Å². The molecule has 0 unspecified atom stereocenters. The lowest BCUT2D eigenvalue weighted by Crippen LogP contribution is -2.30. The fourth-order valence-corrected chi connectivity index (χ4v) is 2.55. The smallest absolute Gasteiger partial charge is 0.319 e. The van der Waals surface area contributed by atoms with Gasteiger partial charge in [-0.05, 0) is 42.3 Å². The van der Waals surface area contributed by atoms with Gasteiger partial charge in [-0.1, -0.05) is 52.5 Å². The molecule has 116 valence electrons. The van der Waals surface area contributed by atoms with Gasteiger partial charge in [0.25, 0.3) is 0 Å². The molecule has 0 heterocycles. The molecular formula is C15H12Cl4N2O. The highest BCUT2D eigenvalue weighted by molar-refractivity contribution is 6.42. The summed E-state index contributed by atoms with van der Waals surface area (Å²) < 4.78 is 0. The standard InChI is InChI=1S/C15H12Cl4N2O/c16-10-2-4-14(13(19)8-10)21-15(22)20-6-5-9-1-3-11(17)12(18)7-9/h1-4,7-8H,5-6H2,(H2,20,21,22). The van der Waals surface area contributed by atoms with Crippen LogP contribution in [-0.4, -0.2) is 12.6 Å². The van der Waals surface area contributed by atoms with E-state index in [9.17, 15) is 4.79 Å². The molecule has 0 saturated heterocycles. The van der Waals surface area contributed by atoms with Crippen LogP contribution in [0.15, 0.2) is 36.4 Å². The van der Waals surface area contributed by atoms with Crippen molar-refractivity contribution >= 4 is 58.1 Å². The molecule has 2 amide bonds. The molecule has 0 aliphatic heterocycles. The second kappa shape index (κ2) is 7.93. The van der Waals surface area contributed by atoms with Crippen molar-refractivity contribution in [3.8, 4) is 0 Å². The zero-order valence-electron chi connectivity index (χ0n) is 11.3. The second-order valence-electron chi connectivity index (χ2n) is 4.50. The summed E-state index contributed by atoms with van der Waals surface area (Å²) in [5, 5.41) is 7.29. The molecule has 2 rings (SSSR count). The van der Waals surface area contributed by atoms with Crippen molar-refractivity contribution < 1.29 is 4.79 Å². The number of carbonyl (C=O) groups is 1. The summed E-state index contributed by atoms with van der Waals surface area (Å²) in [5.41, 5.74) is 1.48. The van der Waals surface area contributed by atoms with E-state index >= 15 is 0 Å². The van der Waals surface area contributed by atoms with Gasteiger partial charge in [0.2, 0.25) is 0 Å². The summed E-state index contributed by atoms with van der Waals surface area (Å²) in [7, 11) is 0. The fraction of sp³-hybridized carbons (Fsp3) is 0.133. The Hall–Kier alpha value is -1.13. The molecule has 0 radical (unpaired) electrons. The average Bonchev–Trinajstić information content (AvgIpc) is 2.46. The van der Waals surface area contributed by atoms with Gasteiger partial charge in [-0.25, -0.2) is 4.79 Å². The van der Waals surface area contributed by atoms with Crippen LogP contribution in [0.3, 0.4) is 0 Å². The summed E-state index contributed by atoms with van der Waals surface area (Å²) in [6.07, 6.45) is 0.638. The molecule has 22 heavy (non-hydrogen) atoms. The van der Waals surface area contributed by atoms with Crippen molar-refractivity contribution in [2.75, 3.05) is 11.9 Å². The molecular weight excluding hydrogens is 366 g/mol. The number of halogens is 4. The van der Waals surface area contributed by atoms with Crippen LogP contribution in [0.2, 0.25) is 20.1 Å². The van der Waals surface area contributed by atoms with E-state index in [0.717, 1.165) is 5.56 Å². The van der Waals surface area contributed by atoms with Gasteiger partial charge in [-0.2, -0.15) is 0 Å². The van der Waals surface area contributed by atoms with Gasteiger partial charge in [0.1, 0.15) is 0 Å². The van der Waals surface area contributed by atoms with Crippen LogP contribution in [0.5, 0.6) is 0 Å². The van der Waals surface area contributed by atoms with Gasteiger partial charge in [0.15, 0.2) is 0 Å². The van der Waals surface area contributed by atoms with Crippen molar-refractivity contribution in [3.05, 3.63) is 62.1 Å². The van der Waals surface area contributed by atoms with E-state index in [0.29, 0.717) is 38.7 Å². The number of urea groups is 1. The Balaban J connectivity index is 1.83. The summed E-state index contributed by atoms with van der Waals surface area (Å²) >= 11 is 23.6. The molecule has 0 atom stereocenters. The number of hydrogen-bond donors (Lipinski definition) is 2. The van der Waals surface area contributed by atoms with Gasteiger partial charge < -0.3 is 10.6 Å². The van der Waals surface area contributed by atoms with Crippen LogP contribution in [0.25, 0.3) is 0 Å². The van der Waals surface area contributed by atoms with Gasteiger partial charge in [0.05, 0.1) is 20.8 Å². The molecule has 7 heteroatoms. The van der Waals surface area contributed by atoms with Crippen LogP contribution in [-0.2, 0) is 6.42 Å². The number of carbonyl (C=O) groups excluding carboxylic acids is 1. The summed E-state index contributed by atoms with van der Waals surface area (Å²) in [6, 6.07) is 9.89. The molecule has 0 fully saturated rings. The first-order valence-corrected chi connectivity index (χ1v) is 7.91. The van der Waals surface area contributed by atoms with Gasteiger partial charge in [-0.3, -0.25) is 0 Å². The lowest BCUT2D eigenvalue weighted by atomic mass is 10.1. The summed E-state index contributed by atoms with van der Waals surface area (Å²) in [5.74, 6) is 0. The van der Waals surface area contributed by atoms with E-state index in [4.69, 9.17) is 46.4 Å². The zero-order valence-corrected chi connectivity index (χ0v) is 14.3. The monoisotopic (exact) mass is 376 g/mol. The van der Waals surface area contributed by atoms with Crippen LogP contribution in [0.4, 0.5) is 10.5 Å².